The summed E-state index contributed by atoms with van der Waals surface area (Å²) in [5, 5.41) is 9.60. The van der Waals surface area contributed by atoms with Crippen LogP contribution in [0, 0.1) is 0 Å². The van der Waals surface area contributed by atoms with Crippen molar-refractivity contribution in [3.05, 3.63) is 23.8 Å². The van der Waals surface area contributed by atoms with Crippen molar-refractivity contribution in [1.82, 2.24) is 0 Å². The van der Waals surface area contributed by atoms with Crippen LogP contribution in [0.15, 0.2) is 18.2 Å². The maximum atomic E-state index is 9.60. The zero-order valence-corrected chi connectivity index (χ0v) is 9.90. The average molecular weight is 226 g/mol. The van der Waals surface area contributed by atoms with E-state index in [1.165, 1.54) is 0 Å². The van der Waals surface area contributed by atoms with Gasteiger partial charge in [0.25, 0.3) is 0 Å². The van der Waals surface area contributed by atoms with E-state index in [0.717, 1.165) is 5.56 Å². The molecule has 0 amide bonds. The molecule has 4 nitrogen and oxygen atoms in total. The molecular formula is C12H18O4. The third kappa shape index (κ3) is 3.40. The summed E-state index contributed by atoms with van der Waals surface area (Å²) in [7, 11) is 4.75. The van der Waals surface area contributed by atoms with Crippen LogP contribution in [0.25, 0.3) is 0 Å². The summed E-state index contributed by atoms with van der Waals surface area (Å²) in [5.74, 6) is 1.36. The first-order valence-corrected chi connectivity index (χ1v) is 5.09. The van der Waals surface area contributed by atoms with Crippen LogP contribution in [0.2, 0.25) is 0 Å². The molecule has 0 aliphatic heterocycles. The number of benzene rings is 1. The molecular weight excluding hydrogens is 208 g/mol. The Morgan fingerprint density at radius 2 is 1.81 bits per heavy atom. The van der Waals surface area contributed by atoms with Gasteiger partial charge in [0.15, 0.2) is 11.5 Å². The number of aliphatic hydroxyl groups is 1. The molecule has 0 fully saturated rings. The van der Waals surface area contributed by atoms with E-state index in [9.17, 15) is 5.11 Å². The Balaban J connectivity index is 2.74. The zero-order chi connectivity index (χ0) is 12.0. The van der Waals surface area contributed by atoms with Gasteiger partial charge in [0.05, 0.1) is 26.9 Å². The third-order valence-electron chi connectivity index (χ3n) is 2.28. The fraction of sp³-hybridized carbons (Fsp3) is 0.500. The van der Waals surface area contributed by atoms with Gasteiger partial charge in [-0.2, -0.15) is 0 Å². The van der Waals surface area contributed by atoms with E-state index < -0.39 is 6.10 Å². The van der Waals surface area contributed by atoms with Crippen molar-refractivity contribution < 1.29 is 19.3 Å². The van der Waals surface area contributed by atoms with E-state index in [-0.39, 0.29) is 0 Å². The summed E-state index contributed by atoms with van der Waals surface area (Å²) >= 11 is 0. The quantitative estimate of drug-likeness (QED) is 0.793. The van der Waals surface area contributed by atoms with Gasteiger partial charge in [-0.3, -0.25) is 0 Å². The number of rotatable bonds is 6. The number of aliphatic hydroxyl groups excluding tert-OH is 1. The Morgan fingerprint density at radius 1 is 1.12 bits per heavy atom. The first-order chi connectivity index (χ1) is 7.71. The molecule has 0 heterocycles. The lowest BCUT2D eigenvalue weighted by Crippen LogP contribution is -2.16. The molecule has 0 aliphatic carbocycles. The van der Waals surface area contributed by atoms with Crippen LogP contribution in [0.1, 0.15) is 5.56 Å². The van der Waals surface area contributed by atoms with Gasteiger partial charge >= 0.3 is 0 Å². The zero-order valence-electron chi connectivity index (χ0n) is 9.90. The lowest BCUT2D eigenvalue weighted by Gasteiger charge is -2.12. The molecule has 0 saturated heterocycles. The highest BCUT2D eigenvalue weighted by Crippen LogP contribution is 2.27. The van der Waals surface area contributed by atoms with Gasteiger partial charge in [0.1, 0.15) is 0 Å². The van der Waals surface area contributed by atoms with Crippen LogP contribution in [0.4, 0.5) is 0 Å². The molecule has 1 rings (SSSR count). The first-order valence-electron chi connectivity index (χ1n) is 5.09. The molecule has 4 heteroatoms. The number of hydrogen-bond donors (Lipinski definition) is 1. The highest BCUT2D eigenvalue weighted by molar-refractivity contribution is 5.43. The maximum Gasteiger partial charge on any atom is 0.160 e. The normalized spacial score (nSPS) is 12.2. The average Bonchev–Trinajstić information content (AvgIpc) is 2.29. The third-order valence-corrected chi connectivity index (χ3v) is 2.28. The summed E-state index contributed by atoms with van der Waals surface area (Å²) < 4.78 is 15.2. The Kier molecular flexibility index (Phi) is 5.08. The molecule has 1 N–H and O–H groups in total. The largest absolute Gasteiger partial charge is 0.493 e. The Bertz CT molecular complexity index is 325. The molecule has 0 radical (unpaired) electrons. The van der Waals surface area contributed by atoms with Gasteiger partial charge in [-0.15, -0.1) is 0 Å². The van der Waals surface area contributed by atoms with Crippen LogP contribution in [0.3, 0.4) is 0 Å². The topological polar surface area (TPSA) is 47.9 Å². The van der Waals surface area contributed by atoms with Crippen molar-refractivity contribution in [3.8, 4) is 11.5 Å². The van der Waals surface area contributed by atoms with E-state index in [4.69, 9.17) is 14.2 Å². The summed E-state index contributed by atoms with van der Waals surface area (Å²) in [6.45, 7) is 0.328. The SMILES string of the molecule is COCC(O)Cc1ccc(OC)c(OC)c1. The number of ether oxygens (including phenoxy) is 3. The fourth-order valence-electron chi connectivity index (χ4n) is 1.53. The predicted molar refractivity (Wildman–Crippen MR) is 61.1 cm³/mol. The van der Waals surface area contributed by atoms with Gasteiger partial charge in [-0.25, -0.2) is 0 Å². The first kappa shape index (κ1) is 12.8. The van der Waals surface area contributed by atoms with Crippen molar-refractivity contribution in [1.29, 1.82) is 0 Å². The summed E-state index contributed by atoms with van der Waals surface area (Å²) in [5.41, 5.74) is 0.988. The van der Waals surface area contributed by atoms with Gasteiger partial charge in [0.2, 0.25) is 0 Å². The molecule has 1 unspecified atom stereocenters. The van der Waals surface area contributed by atoms with Crippen molar-refractivity contribution in [2.45, 2.75) is 12.5 Å². The second kappa shape index (κ2) is 6.35. The molecule has 0 saturated carbocycles. The van der Waals surface area contributed by atoms with Crippen LogP contribution in [0.5, 0.6) is 11.5 Å². The standard InChI is InChI=1S/C12H18O4/c1-14-8-10(13)6-9-4-5-11(15-2)12(7-9)16-3/h4-5,7,10,13H,6,8H2,1-3H3. The van der Waals surface area contributed by atoms with Gasteiger partial charge < -0.3 is 19.3 Å². The molecule has 0 aliphatic rings. The molecule has 1 atom stereocenters. The van der Waals surface area contributed by atoms with Crippen molar-refractivity contribution in [2.75, 3.05) is 27.9 Å². The molecule has 0 aromatic heterocycles. The van der Waals surface area contributed by atoms with Crippen molar-refractivity contribution >= 4 is 0 Å². The summed E-state index contributed by atoms with van der Waals surface area (Å²) in [4.78, 5) is 0. The molecule has 1 aromatic rings. The predicted octanol–water partition coefficient (Wildman–Crippen LogP) is 1.25. The second-order valence-electron chi connectivity index (χ2n) is 3.50. The van der Waals surface area contributed by atoms with Crippen LogP contribution in [-0.2, 0) is 11.2 Å². The van der Waals surface area contributed by atoms with E-state index in [2.05, 4.69) is 0 Å². The van der Waals surface area contributed by atoms with Gasteiger partial charge in [0, 0.05) is 13.5 Å². The highest BCUT2D eigenvalue weighted by atomic mass is 16.5. The smallest absolute Gasteiger partial charge is 0.160 e. The Hall–Kier alpha value is -1.26. The van der Waals surface area contributed by atoms with Gasteiger partial charge in [-0.05, 0) is 17.7 Å². The van der Waals surface area contributed by atoms with Crippen molar-refractivity contribution in [2.24, 2.45) is 0 Å². The van der Waals surface area contributed by atoms with E-state index in [1.807, 2.05) is 18.2 Å². The van der Waals surface area contributed by atoms with Crippen LogP contribution in [-0.4, -0.2) is 39.1 Å². The van der Waals surface area contributed by atoms with Crippen LogP contribution < -0.4 is 9.47 Å². The fourth-order valence-corrected chi connectivity index (χ4v) is 1.53. The number of methoxy groups -OCH3 is 3. The van der Waals surface area contributed by atoms with Crippen LogP contribution >= 0.6 is 0 Å². The van der Waals surface area contributed by atoms with E-state index >= 15 is 0 Å². The van der Waals surface area contributed by atoms with Crippen molar-refractivity contribution in [3.63, 3.8) is 0 Å². The van der Waals surface area contributed by atoms with Gasteiger partial charge in [-0.1, -0.05) is 6.07 Å². The lowest BCUT2D eigenvalue weighted by atomic mass is 10.1. The molecule has 16 heavy (non-hydrogen) atoms. The number of hydrogen-bond acceptors (Lipinski definition) is 4. The summed E-state index contributed by atoms with van der Waals surface area (Å²) in [6, 6.07) is 5.59. The Labute approximate surface area is 95.8 Å². The minimum absolute atomic E-state index is 0.328. The Morgan fingerprint density at radius 3 is 2.38 bits per heavy atom. The summed E-state index contributed by atoms with van der Waals surface area (Å²) in [6.07, 6.45) is 0.0388. The highest BCUT2D eigenvalue weighted by Gasteiger charge is 2.08. The molecule has 0 spiro atoms. The van der Waals surface area contributed by atoms with E-state index in [1.54, 1.807) is 21.3 Å². The molecule has 90 valence electrons. The molecule has 0 bridgehead atoms. The maximum absolute atomic E-state index is 9.60. The monoisotopic (exact) mass is 226 g/mol. The molecule has 1 aromatic carbocycles. The second-order valence-corrected chi connectivity index (χ2v) is 3.50. The lowest BCUT2D eigenvalue weighted by molar-refractivity contribution is 0.0650. The minimum atomic E-state index is -0.497. The van der Waals surface area contributed by atoms with E-state index in [0.29, 0.717) is 24.5 Å². The minimum Gasteiger partial charge on any atom is -0.493 e.